The molecule has 3 heteroatoms. The van der Waals surface area contributed by atoms with Gasteiger partial charge in [0.25, 0.3) is 0 Å². The van der Waals surface area contributed by atoms with Gasteiger partial charge in [0.15, 0.2) is 0 Å². The van der Waals surface area contributed by atoms with Crippen molar-refractivity contribution in [3.8, 4) is 5.75 Å². The highest BCUT2D eigenvalue weighted by Crippen LogP contribution is 2.29. The number of nitrogens with zero attached hydrogens (tertiary/aromatic N) is 1. The van der Waals surface area contributed by atoms with Gasteiger partial charge >= 0.3 is 0 Å². The van der Waals surface area contributed by atoms with Gasteiger partial charge in [0, 0.05) is 24.2 Å². The van der Waals surface area contributed by atoms with Crippen molar-refractivity contribution in [1.82, 2.24) is 4.90 Å². The van der Waals surface area contributed by atoms with E-state index in [0.717, 1.165) is 18.7 Å². The molecule has 1 unspecified atom stereocenters. The molecule has 0 amide bonds. The highest BCUT2D eigenvalue weighted by atomic mass is 19.1. The maximum absolute atomic E-state index is 12.9. The highest BCUT2D eigenvalue weighted by molar-refractivity contribution is 5.34. The van der Waals surface area contributed by atoms with Crippen LogP contribution in [0.4, 0.5) is 4.39 Å². The number of phenols is 1. The van der Waals surface area contributed by atoms with Crippen LogP contribution in [0, 0.1) is 11.7 Å². The van der Waals surface area contributed by atoms with Crippen molar-refractivity contribution in [2.75, 3.05) is 13.1 Å². The van der Waals surface area contributed by atoms with E-state index in [2.05, 4.69) is 25.7 Å². The Balaban J connectivity index is 2.89. The normalized spacial score (nSPS) is 13.4. The molecule has 1 rings (SSSR count). The highest BCUT2D eigenvalue weighted by Gasteiger charge is 2.18. The molecule has 0 saturated carbocycles. The number of phenolic OH excluding ortho intramolecular Hbond substituents is 1. The van der Waals surface area contributed by atoms with E-state index in [1.807, 2.05) is 6.92 Å². The summed E-state index contributed by atoms with van der Waals surface area (Å²) in [6.45, 7) is 10.3. The Morgan fingerprint density at radius 2 is 1.94 bits per heavy atom. The largest absolute Gasteiger partial charge is 0.508 e. The second kappa shape index (κ2) is 6.01. The summed E-state index contributed by atoms with van der Waals surface area (Å²) in [4.78, 5) is 2.28. The van der Waals surface area contributed by atoms with Crippen LogP contribution in [-0.2, 0) is 0 Å². The number of benzene rings is 1. The van der Waals surface area contributed by atoms with Gasteiger partial charge in [-0.25, -0.2) is 4.39 Å². The van der Waals surface area contributed by atoms with Crippen molar-refractivity contribution in [3.63, 3.8) is 0 Å². The van der Waals surface area contributed by atoms with Crippen LogP contribution in [0.3, 0.4) is 0 Å². The van der Waals surface area contributed by atoms with Crippen LogP contribution in [-0.4, -0.2) is 23.1 Å². The van der Waals surface area contributed by atoms with E-state index in [0.29, 0.717) is 5.92 Å². The molecule has 0 aromatic heterocycles. The summed E-state index contributed by atoms with van der Waals surface area (Å²) in [7, 11) is 0. The van der Waals surface area contributed by atoms with Crippen molar-refractivity contribution in [1.29, 1.82) is 0 Å². The third-order valence-electron chi connectivity index (χ3n) is 3.00. The molecule has 1 N–H and O–H groups in total. The molecule has 0 aliphatic heterocycles. The number of hydrogen-bond donors (Lipinski definition) is 1. The van der Waals surface area contributed by atoms with Crippen LogP contribution in [0.5, 0.6) is 5.75 Å². The van der Waals surface area contributed by atoms with Gasteiger partial charge in [0.1, 0.15) is 11.6 Å². The van der Waals surface area contributed by atoms with Gasteiger partial charge in [-0.2, -0.15) is 0 Å². The second-order valence-electron chi connectivity index (χ2n) is 4.86. The maximum atomic E-state index is 12.9. The average molecular weight is 239 g/mol. The summed E-state index contributed by atoms with van der Waals surface area (Å²) >= 11 is 0. The van der Waals surface area contributed by atoms with Gasteiger partial charge < -0.3 is 5.11 Å². The van der Waals surface area contributed by atoms with Crippen LogP contribution >= 0.6 is 0 Å². The predicted octanol–water partition coefficient (Wildman–Crippen LogP) is 3.57. The van der Waals surface area contributed by atoms with E-state index >= 15 is 0 Å². The minimum absolute atomic E-state index is 0.0414. The van der Waals surface area contributed by atoms with E-state index in [4.69, 9.17) is 0 Å². The summed E-state index contributed by atoms with van der Waals surface area (Å²) in [6.07, 6.45) is 0. The van der Waals surface area contributed by atoms with E-state index < -0.39 is 5.82 Å². The van der Waals surface area contributed by atoms with Crippen molar-refractivity contribution < 1.29 is 9.50 Å². The van der Waals surface area contributed by atoms with Gasteiger partial charge in [-0.3, -0.25) is 4.90 Å². The Labute approximate surface area is 103 Å². The SMILES string of the molecule is CCN(CC(C)C)C(C)c1ccc(F)cc1O. The molecule has 0 heterocycles. The molecular weight excluding hydrogens is 217 g/mol. The molecule has 1 aromatic carbocycles. The molecule has 0 aliphatic rings. The van der Waals surface area contributed by atoms with Crippen molar-refractivity contribution >= 4 is 0 Å². The van der Waals surface area contributed by atoms with Crippen LogP contribution in [0.2, 0.25) is 0 Å². The first kappa shape index (κ1) is 14.0. The lowest BCUT2D eigenvalue weighted by molar-refractivity contribution is 0.194. The number of rotatable bonds is 5. The predicted molar refractivity (Wildman–Crippen MR) is 68.6 cm³/mol. The first-order valence-electron chi connectivity index (χ1n) is 6.18. The van der Waals surface area contributed by atoms with Crippen LogP contribution in [0.25, 0.3) is 0 Å². The monoisotopic (exact) mass is 239 g/mol. The van der Waals surface area contributed by atoms with E-state index in [9.17, 15) is 9.50 Å². The third-order valence-corrected chi connectivity index (χ3v) is 3.00. The minimum Gasteiger partial charge on any atom is -0.508 e. The molecule has 0 fully saturated rings. The number of hydrogen-bond acceptors (Lipinski definition) is 2. The smallest absolute Gasteiger partial charge is 0.126 e. The summed E-state index contributed by atoms with van der Waals surface area (Å²) in [5.41, 5.74) is 0.786. The molecule has 96 valence electrons. The summed E-state index contributed by atoms with van der Waals surface area (Å²) < 4.78 is 12.9. The maximum Gasteiger partial charge on any atom is 0.126 e. The first-order chi connectivity index (χ1) is 7.95. The minimum atomic E-state index is -0.398. The fraction of sp³-hybridized carbons (Fsp3) is 0.571. The molecule has 1 atom stereocenters. The van der Waals surface area contributed by atoms with E-state index in [1.54, 1.807) is 6.07 Å². The quantitative estimate of drug-likeness (QED) is 0.849. The summed E-state index contributed by atoms with van der Waals surface area (Å²) in [6, 6.07) is 4.34. The van der Waals surface area contributed by atoms with E-state index in [1.165, 1.54) is 12.1 Å². The standard InChI is InChI=1S/C14H22FNO/c1-5-16(9-10(2)3)11(4)13-7-6-12(15)8-14(13)17/h6-8,10-11,17H,5,9H2,1-4H3. The average Bonchev–Trinajstić information content (AvgIpc) is 2.24. The molecular formula is C14H22FNO. The Morgan fingerprint density at radius 3 is 2.41 bits per heavy atom. The van der Waals surface area contributed by atoms with E-state index in [-0.39, 0.29) is 11.8 Å². The molecule has 0 saturated heterocycles. The van der Waals surface area contributed by atoms with Gasteiger partial charge in [-0.05, 0) is 25.5 Å². The second-order valence-corrected chi connectivity index (χ2v) is 4.86. The fourth-order valence-electron chi connectivity index (χ4n) is 2.10. The van der Waals surface area contributed by atoms with Crippen molar-refractivity contribution in [3.05, 3.63) is 29.6 Å². The van der Waals surface area contributed by atoms with Gasteiger partial charge in [0.2, 0.25) is 0 Å². The number of halogens is 1. The lowest BCUT2D eigenvalue weighted by Crippen LogP contribution is -2.30. The molecule has 17 heavy (non-hydrogen) atoms. The molecule has 0 radical (unpaired) electrons. The number of aromatic hydroxyl groups is 1. The molecule has 0 bridgehead atoms. The van der Waals surface area contributed by atoms with Gasteiger partial charge in [0.05, 0.1) is 0 Å². The van der Waals surface area contributed by atoms with Crippen LogP contribution in [0.1, 0.15) is 39.3 Å². The molecule has 1 aromatic rings. The Hall–Kier alpha value is -1.09. The van der Waals surface area contributed by atoms with Crippen LogP contribution < -0.4 is 0 Å². The topological polar surface area (TPSA) is 23.5 Å². The van der Waals surface area contributed by atoms with Gasteiger partial charge in [-0.1, -0.05) is 26.8 Å². The van der Waals surface area contributed by atoms with Crippen molar-refractivity contribution in [2.24, 2.45) is 5.92 Å². The zero-order chi connectivity index (χ0) is 13.0. The van der Waals surface area contributed by atoms with Gasteiger partial charge in [-0.15, -0.1) is 0 Å². The third kappa shape index (κ3) is 3.70. The Morgan fingerprint density at radius 1 is 1.29 bits per heavy atom. The van der Waals surface area contributed by atoms with Crippen molar-refractivity contribution in [2.45, 2.75) is 33.7 Å². The Bertz CT molecular complexity index is 365. The molecule has 0 spiro atoms. The lowest BCUT2D eigenvalue weighted by atomic mass is 10.0. The first-order valence-corrected chi connectivity index (χ1v) is 6.18. The zero-order valence-electron chi connectivity index (χ0n) is 11.1. The summed E-state index contributed by atoms with van der Waals surface area (Å²) in [5.74, 6) is 0.213. The fourth-order valence-corrected chi connectivity index (χ4v) is 2.10. The molecule has 2 nitrogen and oxygen atoms in total. The Kier molecular flexibility index (Phi) is 4.94. The van der Waals surface area contributed by atoms with Crippen LogP contribution in [0.15, 0.2) is 18.2 Å². The lowest BCUT2D eigenvalue weighted by Gasteiger charge is -2.30. The zero-order valence-corrected chi connectivity index (χ0v) is 11.1. The molecule has 0 aliphatic carbocycles. The summed E-state index contributed by atoms with van der Waals surface area (Å²) in [5, 5.41) is 9.77.